The number of carbonyl (C=O) groups is 1. The zero-order chi connectivity index (χ0) is 13.1. The Kier molecular flexibility index (Phi) is 3.31. The minimum Gasteiger partial charge on any atom is -0.468 e. The fourth-order valence-electron chi connectivity index (χ4n) is 1.89. The van der Waals surface area contributed by atoms with Crippen LogP contribution in [0, 0.1) is 11.3 Å². The van der Waals surface area contributed by atoms with Crippen LogP contribution in [0.3, 0.4) is 0 Å². The second kappa shape index (κ2) is 4.90. The highest BCUT2D eigenvalue weighted by Crippen LogP contribution is 2.20. The lowest BCUT2D eigenvalue weighted by atomic mass is 10.0. The lowest BCUT2D eigenvalue weighted by Gasteiger charge is -2.08. The van der Waals surface area contributed by atoms with E-state index in [2.05, 4.69) is 15.8 Å². The van der Waals surface area contributed by atoms with Crippen LogP contribution >= 0.6 is 0 Å². The summed E-state index contributed by atoms with van der Waals surface area (Å²) in [5.41, 5.74) is 8.13. The molecule has 0 fully saturated rings. The minimum absolute atomic E-state index is 0.377. The van der Waals surface area contributed by atoms with E-state index in [-0.39, 0.29) is 0 Å². The van der Waals surface area contributed by atoms with Gasteiger partial charge in [0.2, 0.25) is 0 Å². The number of aromatic nitrogens is 1. The largest absolute Gasteiger partial charge is 0.468 e. The van der Waals surface area contributed by atoms with E-state index in [9.17, 15) is 4.79 Å². The number of nitriles is 1. The topological polar surface area (TPSA) is 91.9 Å². The number of rotatable bonds is 3. The van der Waals surface area contributed by atoms with Crippen LogP contribution in [0.4, 0.5) is 0 Å². The number of hydrogen-bond acceptors (Lipinski definition) is 4. The van der Waals surface area contributed by atoms with Gasteiger partial charge in [-0.15, -0.1) is 0 Å². The fourth-order valence-corrected chi connectivity index (χ4v) is 1.89. The Morgan fingerprint density at radius 3 is 3.06 bits per heavy atom. The zero-order valence-electron chi connectivity index (χ0n) is 9.93. The molecule has 5 nitrogen and oxygen atoms in total. The molecule has 1 unspecified atom stereocenters. The molecule has 0 saturated carbocycles. The third kappa shape index (κ3) is 2.19. The Hall–Kier alpha value is -2.32. The number of nitrogens with zero attached hydrogens (tertiary/aromatic N) is 1. The number of esters is 1. The molecule has 92 valence electrons. The summed E-state index contributed by atoms with van der Waals surface area (Å²) < 4.78 is 4.59. The normalized spacial score (nSPS) is 12.1. The number of H-pyrrole nitrogens is 1. The van der Waals surface area contributed by atoms with Gasteiger partial charge in [-0.1, -0.05) is 0 Å². The minimum atomic E-state index is -0.695. The third-order valence-corrected chi connectivity index (χ3v) is 2.84. The van der Waals surface area contributed by atoms with Crippen molar-refractivity contribution in [3.05, 3.63) is 35.5 Å². The first-order valence-electron chi connectivity index (χ1n) is 5.49. The quantitative estimate of drug-likeness (QED) is 0.789. The van der Waals surface area contributed by atoms with Gasteiger partial charge in [-0.2, -0.15) is 5.26 Å². The lowest BCUT2D eigenvalue weighted by Crippen LogP contribution is -2.33. The van der Waals surface area contributed by atoms with E-state index in [4.69, 9.17) is 11.0 Å². The standard InChI is InChI=1S/C13H13N3O2/c1-18-13(17)11(15)5-9-7-16-12-3-2-8(6-14)4-10(9)12/h2-4,7,11,16H,5,15H2,1H3. The lowest BCUT2D eigenvalue weighted by molar-refractivity contribution is -0.142. The van der Waals surface area contributed by atoms with Gasteiger partial charge in [0.25, 0.3) is 0 Å². The van der Waals surface area contributed by atoms with Gasteiger partial charge < -0.3 is 15.5 Å². The number of benzene rings is 1. The monoisotopic (exact) mass is 243 g/mol. The van der Waals surface area contributed by atoms with E-state index in [0.717, 1.165) is 16.5 Å². The van der Waals surface area contributed by atoms with Crippen LogP contribution in [0.15, 0.2) is 24.4 Å². The van der Waals surface area contributed by atoms with Crippen LogP contribution in [0.25, 0.3) is 10.9 Å². The third-order valence-electron chi connectivity index (χ3n) is 2.84. The predicted octanol–water partition coefficient (Wildman–Crippen LogP) is 1.08. The van der Waals surface area contributed by atoms with Crippen molar-refractivity contribution < 1.29 is 9.53 Å². The summed E-state index contributed by atoms with van der Waals surface area (Å²) >= 11 is 0. The number of hydrogen-bond donors (Lipinski definition) is 2. The molecule has 18 heavy (non-hydrogen) atoms. The highest BCUT2D eigenvalue weighted by atomic mass is 16.5. The van der Waals surface area contributed by atoms with Gasteiger partial charge in [0.05, 0.1) is 18.7 Å². The molecule has 0 bridgehead atoms. The molecule has 1 aromatic heterocycles. The van der Waals surface area contributed by atoms with Crippen LogP contribution in [-0.4, -0.2) is 24.1 Å². The fraction of sp³-hybridized carbons (Fsp3) is 0.231. The average Bonchev–Trinajstić information content (AvgIpc) is 2.80. The predicted molar refractivity (Wildman–Crippen MR) is 66.7 cm³/mol. The average molecular weight is 243 g/mol. The van der Waals surface area contributed by atoms with Crippen LogP contribution in [0.2, 0.25) is 0 Å². The van der Waals surface area contributed by atoms with E-state index < -0.39 is 12.0 Å². The second-order valence-electron chi connectivity index (χ2n) is 4.02. The second-order valence-corrected chi connectivity index (χ2v) is 4.02. The number of methoxy groups -OCH3 is 1. The number of ether oxygens (including phenoxy) is 1. The van der Waals surface area contributed by atoms with Crippen LogP contribution in [-0.2, 0) is 16.0 Å². The maximum atomic E-state index is 11.3. The van der Waals surface area contributed by atoms with Crippen LogP contribution in [0.1, 0.15) is 11.1 Å². The highest BCUT2D eigenvalue weighted by Gasteiger charge is 2.16. The number of nitrogens with two attached hydrogens (primary N) is 1. The Morgan fingerprint density at radius 2 is 2.39 bits per heavy atom. The van der Waals surface area contributed by atoms with Crippen molar-refractivity contribution in [1.82, 2.24) is 4.98 Å². The number of carbonyl (C=O) groups excluding carboxylic acids is 1. The number of fused-ring (bicyclic) bond motifs is 1. The van der Waals surface area contributed by atoms with E-state index in [0.29, 0.717) is 12.0 Å². The summed E-state index contributed by atoms with van der Waals surface area (Å²) in [5.74, 6) is -0.444. The molecule has 2 rings (SSSR count). The molecule has 0 spiro atoms. The van der Waals surface area contributed by atoms with Crippen molar-refractivity contribution in [3.8, 4) is 6.07 Å². The smallest absolute Gasteiger partial charge is 0.322 e. The molecule has 0 aliphatic carbocycles. The Balaban J connectivity index is 2.34. The van der Waals surface area contributed by atoms with Crippen LogP contribution < -0.4 is 5.73 Å². The summed E-state index contributed by atoms with van der Waals surface area (Å²) in [7, 11) is 1.31. The van der Waals surface area contributed by atoms with Crippen molar-refractivity contribution in [2.24, 2.45) is 5.73 Å². The summed E-state index contributed by atoms with van der Waals surface area (Å²) in [6, 6.07) is 6.75. The van der Waals surface area contributed by atoms with Gasteiger partial charge in [0, 0.05) is 23.5 Å². The molecule has 2 aromatic rings. The first kappa shape index (κ1) is 12.1. The van der Waals surface area contributed by atoms with E-state index in [1.54, 1.807) is 18.3 Å². The molecule has 5 heteroatoms. The molecule has 0 amide bonds. The molecule has 0 aliphatic rings. The van der Waals surface area contributed by atoms with Gasteiger partial charge in [0.15, 0.2) is 0 Å². The summed E-state index contributed by atoms with van der Waals surface area (Å²) in [6.45, 7) is 0. The molecule has 0 radical (unpaired) electrons. The first-order valence-corrected chi connectivity index (χ1v) is 5.49. The van der Waals surface area contributed by atoms with E-state index >= 15 is 0 Å². The molecule has 1 atom stereocenters. The van der Waals surface area contributed by atoms with Crippen molar-refractivity contribution in [2.75, 3.05) is 7.11 Å². The molecule has 3 N–H and O–H groups in total. The van der Waals surface area contributed by atoms with Crippen molar-refractivity contribution >= 4 is 16.9 Å². The molecule has 0 aliphatic heterocycles. The maximum absolute atomic E-state index is 11.3. The SMILES string of the molecule is COC(=O)C(N)Cc1c[nH]c2ccc(C#N)cc12. The van der Waals surface area contributed by atoms with Gasteiger partial charge in [0.1, 0.15) is 6.04 Å². The highest BCUT2D eigenvalue weighted by molar-refractivity contribution is 5.85. The molecular formula is C13H13N3O2. The molecule has 0 saturated heterocycles. The van der Waals surface area contributed by atoms with Crippen molar-refractivity contribution in [3.63, 3.8) is 0 Å². The Morgan fingerprint density at radius 1 is 1.61 bits per heavy atom. The van der Waals surface area contributed by atoms with Gasteiger partial charge in [-0.05, 0) is 23.8 Å². The summed E-state index contributed by atoms with van der Waals surface area (Å²) in [6.07, 6.45) is 2.18. The van der Waals surface area contributed by atoms with Gasteiger partial charge >= 0.3 is 5.97 Å². The van der Waals surface area contributed by atoms with Gasteiger partial charge in [-0.25, -0.2) is 0 Å². The maximum Gasteiger partial charge on any atom is 0.322 e. The first-order chi connectivity index (χ1) is 8.65. The van der Waals surface area contributed by atoms with Gasteiger partial charge in [-0.3, -0.25) is 4.79 Å². The summed E-state index contributed by atoms with van der Waals surface area (Å²) in [4.78, 5) is 14.4. The number of aromatic amines is 1. The molecule has 1 heterocycles. The number of nitrogens with one attached hydrogen (secondary N) is 1. The Bertz CT molecular complexity index is 625. The van der Waals surface area contributed by atoms with Crippen molar-refractivity contribution in [2.45, 2.75) is 12.5 Å². The summed E-state index contributed by atoms with van der Waals surface area (Å²) in [5, 5.41) is 9.79. The van der Waals surface area contributed by atoms with E-state index in [1.165, 1.54) is 7.11 Å². The van der Waals surface area contributed by atoms with E-state index in [1.807, 2.05) is 6.07 Å². The molecule has 1 aromatic carbocycles. The van der Waals surface area contributed by atoms with Crippen molar-refractivity contribution in [1.29, 1.82) is 5.26 Å². The zero-order valence-corrected chi connectivity index (χ0v) is 9.93. The Labute approximate surface area is 104 Å². The van der Waals surface area contributed by atoms with Crippen LogP contribution in [0.5, 0.6) is 0 Å². The molecular weight excluding hydrogens is 230 g/mol.